The van der Waals surface area contributed by atoms with Gasteiger partial charge in [0.25, 0.3) is 0 Å². The van der Waals surface area contributed by atoms with Crippen LogP contribution in [0.25, 0.3) is 116 Å². The Morgan fingerprint density at radius 2 is 0.794 bits per heavy atom. The average Bonchev–Trinajstić information content (AvgIpc) is 4.00. The first-order chi connectivity index (χ1) is 31.3. The molecule has 0 saturated heterocycles. The summed E-state index contributed by atoms with van der Waals surface area (Å²) in [6, 6.07) is 80.2. The summed E-state index contributed by atoms with van der Waals surface area (Å²) in [4.78, 5) is 10.3. The van der Waals surface area contributed by atoms with E-state index in [9.17, 15) is 0 Å². The molecule has 0 unspecified atom stereocenters. The van der Waals surface area contributed by atoms with E-state index in [1.165, 1.54) is 43.4 Å². The first-order valence-corrected chi connectivity index (χ1v) is 21.4. The topological polar surface area (TPSA) is 40.6 Å². The minimum Gasteiger partial charge on any atom is -0.309 e. The number of fused-ring (bicyclic) bond motifs is 10. The number of hydrogen-bond donors (Lipinski definition) is 0. The van der Waals surface area contributed by atoms with Gasteiger partial charge in [-0.05, 0) is 60.7 Å². The Labute approximate surface area is 363 Å². The standard InChI is InChI=1S/C58H37N5/c1-5-18-38(19-6-1)48-37-49(60-58(59-48)39-20-7-2-8-21-39)40-32-33-44-45-28-17-31-53(56(45)62(54(44)36-40)42-24-11-4-12-25-42)63-51-30-16-14-27-47(51)55-52(63)35-34-46-43-26-13-15-29-50(43)61(57(46)55)41-22-9-3-10-23-41/h1-37H. The number of rotatable bonds is 6. The van der Waals surface area contributed by atoms with Gasteiger partial charge in [0.05, 0.1) is 50.2 Å². The number of para-hydroxylation sites is 5. The van der Waals surface area contributed by atoms with Crippen LogP contribution in [0.4, 0.5) is 0 Å². The lowest BCUT2D eigenvalue weighted by Crippen LogP contribution is -2.01. The van der Waals surface area contributed by atoms with Gasteiger partial charge in [0.15, 0.2) is 5.82 Å². The van der Waals surface area contributed by atoms with Gasteiger partial charge < -0.3 is 13.7 Å². The van der Waals surface area contributed by atoms with Crippen molar-refractivity contribution in [3.05, 3.63) is 224 Å². The van der Waals surface area contributed by atoms with Crippen LogP contribution >= 0.6 is 0 Å². The van der Waals surface area contributed by atoms with Gasteiger partial charge >= 0.3 is 0 Å². The van der Waals surface area contributed by atoms with Gasteiger partial charge in [0, 0.05) is 60.4 Å². The number of hydrogen-bond acceptors (Lipinski definition) is 2. The quantitative estimate of drug-likeness (QED) is 0.168. The molecule has 0 saturated carbocycles. The summed E-state index contributed by atoms with van der Waals surface area (Å²) in [5.41, 5.74) is 15.1. The lowest BCUT2D eigenvalue weighted by Gasteiger charge is -2.15. The van der Waals surface area contributed by atoms with E-state index in [2.05, 4.69) is 214 Å². The molecule has 63 heavy (non-hydrogen) atoms. The van der Waals surface area contributed by atoms with E-state index in [4.69, 9.17) is 9.97 Å². The molecule has 0 amide bonds. The molecule has 9 aromatic carbocycles. The van der Waals surface area contributed by atoms with Crippen LogP contribution in [0.2, 0.25) is 0 Å². The third-order valence-electron chi connectivity index (χ3n) is 12.6. The van der Waals surface area contributed by atoms with Crippen LogP contribution in [0, 0.1) is 0 Å². The summed E-state index contributed by atoms with van der Waals surface area (Å²) >= 11 is 0. The van der Waals surface area contributed by atoms with Gasteiger partial charge in [-0.15, -0.1) is 0 Å². The molecular formula is C58H37N5. The summed E-state index contributed by atoms with van der Waals surface area (Å²) in [6.07, 6.45) is 0. The smallest absolute Gasteiger partial charge is 0.160 e. The van der Waals surface area contributed by atoms with Crippen LogP contribution < -0.4 is 0 Å². The molecule has 0 atom stereocenters. The zero-order chi connectivity index (χ0) is 41.4. The van der Waals surface area contributed by atoms with Crippen LogP contribution in [0.1, 0.15) is 0 Å². The molecule has 0 spiro atoms. The van der Waals surface area contributed by atoms with Crippen molar-refractivity contribution in [2.24, 2.45) is 0 Å². The van der Waals surface area contributed by atoms with Gasteiger partial charge in [0.1, 0.15) is 0 Å². The van der Waals surface area contributed by atoms with E-state index in [-0.39, 0.29) is 0 Å². The van der Waals surface area contributed by atoms with Crippen LogP contribution in [0.15, 0.2) is 224 Å². The van der Waals surface area contributed by atoms with Gasteiger partial charge in [0.2, 0.25) is 0 Å². The Balaban J connectivity index is 1.11. The number of nitrogens with zero attached hydrogens (tertiary/aromatic N) is 5. The molecule has 0 bridgehead atoms. The molecule has 13 aromatic rings. The van der Waals surface area contributed by atoms with Crippen molar-refractivity contribution in [3.8, 4) is 51.0 Å². The molecule has 5 nitrogen and oxygen atoms in total. The number of aromatic nitrogens is 5. The first-order valence-electron chi connectivity index (χ1n) is 21.4. The van der Waals surface area contributed by atoms with Crippen LogP contribution in [0.5, 0.6) is 0 Å². The molecule has 4 heterocycles. The molecule has 0 N–H and O–H groups in total. The van der Waals surface area contributed by atoms with Crippen molar-refractivity contribution in [1.82, 2.24) is 23.7 Å². The Hall–Kier alpha value is -8.54. The van der Waals surface area contributed by atoms with Gasteiger partial charge in [-0.1, -0.05) is 164 Å². The fourth-order valence-electron chi connectivity index (χ4n) is 9.92. The molecule has 0 aliphatic carbocycles. The zero-order valence-electron chi connectivity index (χ0n) is 34.1. The third kappa shape index (κ3) is 5.43. The van der Waals surface area contributed by atoms with Crippen molar-refractivity contribution in [2.75, 3.05) is 0 Å². The summed E-state index contributed by atoms with van der Waals surface area (Å²) in [5, 5.41) is 7.29. The highest BCUT2D eigenvalue weighted by atomic mass is 15.1. The maximum atomic E-state index is 5.23. The molecule has 0 aliphatic rings. The van der Waals surface area contributed by atoms with Gasteiger partial charge in [-0.25, -0.2) is 9.97 Å². The second-order valence-electron chi connectivity index (χ2n) is 16.2. The Morgan fingerprint density at radius 3 is 1.49 bits per heavy atom. The second kappa shape index (κ2) is 14.0. The minimum atomic E-state index is 0.699. The monoisotopic (exact) mass is 803 g/mol. The van der Waals surface area contributed by atoms with Crippen molar-refractivity contribution >= 4 is 65.4 Å². The van der Waals surface area contributed by atoms with E-state index < -0.39 is 0 Å². The van der Waals surface area contributed by atoms with Crippen LogP contribution in [-0.2, 0) is 0 Å². The lowest BCUT2D eigenvalue weighted by molar-refractivity contribution is 1.13. The van der Waals surface area contributed by atoms with Crippen molar-refractivity contribution in [1.29, 1.82) is 0 Å². The Kier molecular flexibility index (Phi) is 7.84. The predicted molar refractivity (Wildman–Crippen MR) is 261 cm³/mol. The highest BCUT2D eigenvalue weighted by Gasteiger charge is 2.24. The van der Waals surface area contributed by atoms with E-state index in [0.717, 1.165) is 67.2 Å². The summed E-state index contributed by atoms with van der Waals surface area (Å²) < 4.78 is 7.38. The second-order valence-corrected chi connectivity index (χ2v) is 16.2. The van der Waals surface area contributed by atoms with Crippen molar-refractivity contribution in [3.63, 3.8) is 0 Å². The molecule has 0 aliphatic heterocycles. The minimum absolute atomic E-state index is 0.699. The summed E-state index contributed by atoms with van der Waals surface area (Å²) in [6.45, 7) is 0. The van der Waals surface area contributed by atoms with Crippen LogP contribution in [0.3, 0.4) is 0 Å². The molecule has 5 heteroatoms. The molecule has 294 valence electrons. The van der Waals surface area contributed by atoms with Gasteiger partial charge in [-0.3, -0.25) is 0 Å². The molecule has 13 rings (SSSR count). The molecular weight excluding hydrogens is 767 g/mol. The molecule has 4 aromatic heterocycles. The first kappa shape index (κ1) is 35.2. The molecule has 0 radical (unpaired) electrons. The Bertz CT molecular complexity index is 3820. The van der Waals surface area contributed by atoms with E-state index in [1.807, 2.05) is 24.3 Å². The van der Waals surface area contributed by atoms with E-state index >= 15 is 0 Å². The third-order valence-corrected chi connectivity index (χ3v) is 12.6. The normalized spacial score (nSPS) is 11.8. The SMILES string of the molecule is c1ccc(-c2cc(-c3ccc4c5cccc(-n6c7ccccc7c7c6ccc6c8ccccc8n(-c8ccccc8)c67)c5n(-c5ccccc5)c4c3)nc(-c3ccccc3)n2)cc1. The van der Waals surface area contributed by atoms with Gasteiger partial charge in [-0.2, -0.15) is 0 Å². The zero-order valence-corrected chi connectivity index (χ0v) is 34.1. The highest BCUT2D eigenvalue weighted by Crippen LogP contribution is 2.44. The lowest BCUT2D eigenvalue weighted by atomic mass is 10.0. The summed E-state index contributed by atoms with van der Waals surface area (Å²) in [5.74, 6) is 0.699. The van der Waals surface area contributed by atoms with Crippen LogP contribution in [-0.4, -0.2) is 23.7 Å². The van der Waals surface area contributed by atoms with Crippen molar-refractivity contribution in [2.45, 2.75) is 0 Å². The Morgan fingerprint density at radius 1 is 0.286 bits per heavy atom. The summed E-state index contributed by atoms with van der Waals surface area (Å²) in [7, 11) is 0. The fraction of sp³-hybridized carbons (Fsp3) is 0. The molecule has 0 fully saturated rings. The van der Waals surface area contributed by atoms with Crippen molar-refractivity contribution < 1.29 is 0 Å². The maximum Gasteiger partial charge on any atom is 0.160 e. The fourth-order valence-corrected chi connectivity index (χ4v) is 9.92. The number of benzene rings is 9. The predicted octanol–water partition coefficient (Wildman–Crippen LogP) is 14.8. The van der Waals surface area contributed by atoms with E-state index in [0.29, 0.717) is 5.82 Å². The maximum absolute atomic E-state index is 5.23. The largest absolute Gasteiger partial charge is 0.309 e. The highest BCUT2D eigenvalue weighted by molar-refractivity contribution is 6.26. The average molecular weight is 804 g/mol. The van der Waals surface area contributed by atoms with E-state index in [1.54, 1.807) is 0 Å².